The summed E-state index contributed by atoms with van der Waals surface area (Å²) in [6, 6.07) is 7.76. The molecule has 0 aliphatic heterocycles. The zero-order chi connectivity index (χ0) is 12.1. The van der Waals surface area contributed by atoms with Crippen LogP contribution in [0.15, 0.2) is 24.3 Å². The van der Waals surface area contributed by atoms with Crippen molar-refractivity contribution in [3.05, 3.63) is 29.8 Å². The minimum atomic E-state index is 0.212. The minimum Gasteiger partial charge on any atom is -0.378 e. The number of benzene rings is 1. The van der Waals surface area contributed by atoms with Crippen LogP contribution in [0.5, 0.6) is 0 Å². The average Bonchev–Trinajstić information content (AvgIpc) is 2.26. The van der Waals surface area contributed by atoms with Crippen LogP contribution in [0.4, 0.5) is 5.69 Å². The van der Waals surface area contributed by atoms with Crippen molar-refractivity contribution in [1.82, 2.24) is 0 Å². The molecule has 0 aromatic heterocycles. The predicted molar refractivity (Wildman–Crippen MR) is 72.7 cm³/mol. The van der Waals surface area contributed by atoms with E-state index in [1.54, 1.807) is 11.8 Å². The number of hydrogen-bond donors (Lipinski definition) is 0. The largest absolute Gasteiger partial charge is 0.378 e. The maximum Gasteiger partial charge on any atom is 0.172 e. The smallest absolute Gasteiger partial charge is 0.172 e. The van der Waals surface area contributed by atoms with Crippen molar-refractivity contribution in [1.29, 1.82) is 0 Å². The molecule has 0 saturated carbocycles. The molecule has 16 heavy (non-hydrogen) atoms. The van der Waals surface area contributed by atoms with E-state index in [1.165, 1.54) is 0 Å². The molecule has 0 N–H and O–H groups in total. The highest BCUT2D eigenvalue weighted by molar-refractivity contribution is 8.00. The Kier molecular flexibility index (Phi) is 4.87. The molecule has 0 spiro atoms. The number of carbonyl (C=O) groups is 1. The first-order chi connectivity index (χ1) is 7.50. The second kappa shape index (κ2) is 5.94. The van der Waals surface area contributed by atoms with E-state index in [1.807, 2.05) is 43.3 Å². The topological polar surface area (TPSA) is 20.3 Å². The van der Waals surface area contributed by atoms with Gasteiger partial charge in [-0.15, -0.1) is 0 Å². The fourth-order valence-corrected chi connectivity index (χ4v) is 1.92. The van der Waals surface area contributed by atoms with E-state index in [-0.39, 0.29) is 5.78 Å². The van der Waals surface area contributed by atoms with Gasteiger partial charge in [-0.25, -0.2) is 0 Å². The summed E-state index contributed by atoms with van der Waals surface area (Å²) in [5.41, 5.74) is 1.92. The molecule has 0 heterocycles. The van der Waals surface area contributed by atoms with Gasteiger partial charge in [-0.2, -0.15) is 11.8 Å². The second-order valence-corrected chi connectivity index (χ2v) is 5.79. The van der Waals surface area contributed by atoms with E-state index in [4.69, 9.17) is 0 Å². The molecular weight excluding hydrogens is 218 g/mol. The van der Waals surface area contributed by atoms with E-state index >= 15 is 0 Å². The van der Waals surface area contributed by atoms with Gasteiger partial charge in [-0.3, -0.25) is 4.79 Å². The molecule has 3 heteroatoms. The molecule has 1 rings (SSSR count). The Morgan fingerprint density at radius 3 is 2.25 bits per heavy atom. The second-order valence-electron chi connectivity index (χ2n) is 4.22. The van der Waals surface area contributed by atoms with E-state index < -0.39 is 0 Å². The number of rotatable bonds is 5. The zero-order valence-corrected chi connectivity index (χ0v) is 11.2. The summed E-state index contributed by atoms with van der Waals surface area (Å²) in [7, 11) is 3.98. The Bertz CT molecular complexity index is 343. The third kappa shape index (κ3) is 3.89. The molecular formula is C13H19NOS. The number of thioether (sulfide) groups is 1. The van der Waals surface area contributed by atoms with Gasteiger partial charge in [0.25, 0.3) is 0 Å². The highest BCUT2D eigenvalue weighted by Gasteiger charge is 2.07. The average molecular weight is 237 g/mol. The number of carbonyl (C=O) groups excluding carboxylic acids is 1. The molecule has 0 bridgehead atoms. The van der Waals surface area contributed by atoms with Crippen molar-refractivity contribution in [3.63, 3.8) is 0 Å². The lowest BCUT2D eigenvalue weighted by Crippen LogP contribution is -2.09. The normalized spacial score (nSPS) is 10.6. The van der Waals surface area contributed by atoms with Crippen molar-refractivity contribution in [2.75, 3.05) is 24.7 Å². The van der Waals surface area contributed by atoms with Crippen LogP contribution in [0.2, 0.25) is 0 Å². The van der Waals surface area contributed by atoms with Crippen LogP contribution in [0, 0.1) is 0 Å². The third-order valence-electron chi connectivity index (χ3n) is 2.25. The van der Waals surface area contributed by atoms with Crippen molar-refractivity contribution in [3.8, 4) is 0 Å². The van der Waals surface area contributed by atoms with Gasteiger partial charge in [0.2, 0.25) is 0 Å². The Morgan fingerprint density at radius 1 is 1.25 bits per heavy atom. The highest BCUT2D eigenvalue weighted by atomic mass is 32.2. The number of Topliss-reactive ketones (excluding diaryl/α,β-unsaturated/α-hetero) is 1. The molecule has 2 nitrogen and oxygen atoms in total. The van der Waals surface area contributed by atoms with Crippen LogP contribution in [-0.2, 0) is 0 Å². The first kappa shape index (κ1) is 13.1. The molecule has 1 aromatic rings. The molecule has 0 amide bonds. The summed E-state index contributed by atoms with van der Waals surface area (Å²) >= 11 is 1.68. The molecule has 0 unspecified atom stereocenters. The van der Waals surface area contributed by atoms with Gasteiger partial charge >= 0.3 is 0 Å². The Hall–Kier alpha value is -0.960. The Morgan fingerprint density at radius 2 is 1.81 bits per heavy atom. The summed E-state index contributed by atoms with van der Waals surface area (Å²) < 4.78 is 0. The fraction of sp³-hybridized carbons (Fsp3) is 0.462. The Balaban J connectivity index is 2.63. The highest BCUT2D eigenvalue weighted by Crippen LogP contribution is 2.16. The lowest BCUT2D eigenvalue weighted by atomic mass is 10.1. The van der Waals surface area contributed by atoms with E-state index in [9.17, 15) is 4.79 Å². The lowest BCUT2D eigenvalue weighted by molar-refractivity contribution is 0.102. The number of ketones is 1. The number of hydrogen-bond acceptors (Lipinski definition) is 3. The van der Waals surface area contributed by atoms with E-state index in [2.05, 4.69) is 13.8 Å². The van der Waals surface area contributed by atoms with Crippen LogP contribution in [-0.4, -0.2) is 30.9 Å². The quantitative estimate of drug-likeness (QED) is 0.734. The standard InChI is InChI=1S/C13H19NOS/c1-10(2)16-9-13(15)11-5-7-12(8-6-11)14(3)4/h5-8,10H,9H2,1-4H3. The first-order valence-corrected chi connectivity index (χ1v) is 6.47. The maximum absolute atomic E-state index is 11.8. The SMILES string of the molecule is CC(C)SCC(=O)c1ccc(N(C)C)cc1. The predicted octanol–water partition coefficient (Wildman–Crippen LogP) is 3.08. The summed E-state index contributed by atoms with van der Waals surface area (Å²) in [5, 5.41) is 0.505. The van der Waals surface area contributed by atoms with Crippen LogP contribution in [0.25, 0.3) is 0 Å². The molecule has 1 aromatic carbocycles. The van der Waals surface area contributed by atoms with Gasteiger partial charge in [0.15, 0.2) is 5.78 Å². The zero-order valence-electron chi connectivity index (χ0n) is 10.4. The first-order valence-electron chi connectivity index (χ1n) is 5.43. The maximum atomic E-state index is 11.8. The molecule has 88 valence electrons. The van der Waals surface area contributed by atoms with Crippen LogP contribution < -0.4 is 4.90 Å². The van der Waals surface area contributed by atoms with Gasteiger partial charge in [0.1, 0.15) is 0 Å². The van der Waals surface area contributed by atoms with Gasteiger partial charge in [0, 0.05) is 25.3 Å². The molecule has 0 saturated heterocycles. The molecule has 0 fully saturated rings. The number of nitrogens with zero attached hydrogens (tertiary/aromatic N) is 1. The molecule has 0 aliphatic carbocycles. The van der Waals surface area contributed by atoms with Gasteiger partial charge in [-0.05, 0) is 29.5 Å². The van der Waals surface area contributed by atoms with Crippen LogP contribution in [0.3, 0.4) is 0 Å². The van der Waals surface area contributed by atoms with Gasteiger partial charge in [0.05, 0.1) is 5.75 Å². The Labute approximate surface area is 102 Å². The summed E-state index contributed by atoms with van der Waals surface area (Å²) in [5.74, 6) is 0.780. The van der Waals surface area contributed by atoms with Crippen molar-refractivity contribution in [2.45, 2.75) is 19.1 Å². The van der Waals surface area contributed by atoms with Crippen molar-refractivity contribution >= 4 is 23.2 Å². The molecule has 0 radical (unpaired) electrons. The van der Waals surface area contributed by atoms with Crippen molar-refractivity contribution in [2.24, 2.45) is 0 Å². The van der Waals surface area contributed by atoms with Gasteiger partial charge in [-0.1, -0.05) is 13.8 Å². The minimum absolute atomic E-state index is 0.212. The summed E-state index contributed by atoms with van der Waals surface area (Å²) in [6.07, 6.45) is 0. The summed E-state index contributed by atoms with van der Waals surface area (Å²) in [6.45, 7) is 4.21. The van der Waals surface area contributed by atoms with Crippen molar-refractivity contribution < 1.29 is 4.79 Å². The van der Waals surface area contributed by atoms with E-state index in [0.717, 1.165) is 11.3 Å². The monoisotopic (exact) mass is 237 g/mol. The molecule has 0 aliphatic rings. The molecule has 0 atom stereocenters. The van der Waals surface area contributed by atoms with E-state index in [0.29, 0.717) is 11.0 Å². The van der Waals surface area contributed by atoms with Crippen LogP contribution in [0.1, 0.15) is 24.2 Å². The third-order valence-corrected chi connectivity index (χ3v) is 3.35. The summed E-state index contributed by atoms with van der Waals surface area (Å²) in [4.78, 5) is 13.8. The van der Waals surface area contributed by atoms with Gasteiger partial charge < -0.3 is 4.90 Å². The lowest BCUT2D eigenvalue weighted by Gasteiger charge is -2.12. The fourth-order valence-electron chi connectivity index (χ4n) is 1.27. The van der Waals surface area contributed by atoms with Crippen LogP contribution >= 0.6 is 11.8 Å². The number of anilines is 1.